The molecule has 17 heavy (non-hydrogen) atoms. The van der Waals surface area contributed by atoms with Crippen LogP contribution in [0, 0.1) is 5.92 Å². The van der Waals surface area contributed by atoms with Crippen LogP contribution < -0.4 is 11.1 Å². The molecule has 1 heterocycles. The number of unbranched alkanes of at least 4 members (excludes halogenated alkanes) is 1. The highest BCUT2D eigenvalue weighted by atomic mass is 15.1. The van der Waals surface area contributed by atoms with Crippen molar-refractivity contribution in [3.05, 3.63) is 0 Å². The summed E-state index contributed by atoms with van der Waals surface area (Å²) in [5.41, 5.74) is 5.89. The first-order valence-corrected chi connectivity index (χ1v) is 7.37. The van der Waals surface area contributed by atoms with Gasteiger partial charge < -0.3 is 16.0 Å². The Balaban J connectivity index is 1.84. The summed E-state index contributed by atoms with van der Waals surface area (Å²) in [4.78, 5) is 2.53. The minimum atomic E-state index is 0.454. The average molecular weight is 241 g/mol. The van der Waals surface area contributed by atoms with Crippen LogP contribution in [0.4, 0.5) is 0 Å². The van der Waals surface area contributed by atoms with Crippen molar-refractivity contribution in [2.24, 2.45) is 11.7 Å². The van der Waals surface area contributed by atoms with Crippen LogP contribution in [0.5, 0.6) is 0 Å². The van der Waals surface area contributed by atoms with Gasteiger partial charge in [-0.05, 0) is 44.8 Å². The number of hydrogen-bond donors (Lipinski definition) is 2. The third kappa shape index (κ3) is 7.74. The van der Waals surface area contributed by atoms with Crippen LogP contribution in [0.1, 0.15) is 46.0 Å². The summed E-state index contributed by atoms with van der Waals surface area (Å²) in [5, 5.41) is 3.54. The Kier molecular flexibility index (Phi) is 7.82. The highest BCUT2D eigenvalue weighted by Crippen LogP contribution is 2.07. The normalized spacial score (nSPS) is 19.1. The Morgan fingerprint density at radius 2 is 1.88 bits per heavy atom. The van der Waals surface area contributed by atoms with Crippen LogP contribution in [0.15, 0.2) is 0 Å². The average Bonchev–Trinajstić information content (AvgIpc) is 2.30. The lowest BCUT2D eigenvalue weighted by atomic mass is 10.1. The van der Waals surface area contributed by atoms with E-state index in [1.54, 1.807) is 0 Å². The number of nitrogens with zero attached hydrogens (tertiary/aromatic N) is 1. The van der Waals surface area contributed by atoms with Crippen LogP contribution in [-0.2, 0) is 0 Å². The molecule has 0 bridgehead atoms. The van der Waals surface area contributed by atoms with E-state index in [9.17, 15) is 0 Å². The molecule has 0 spiro atoms. The molecule has 0 amide bonds. The fraction of sp³-hybridized carbons (Fsp3) is 1.00. The molecule has 0 aromatic heterocycles. The third-order valence-electron chi connectivity index (χ3n) is 3.62. The molecule has 102 valence electrons. The van der Waals surface area contributed by atoms with Crippen molar-refractivity contribution < 1.29 is 0 Å². The number of nitrogens with two attached hydrogens (primary N) is 1. The van der Waals surface area contributed by atoms with E-state index < -0.39 is 0 Å². The number of likely N-dealkylation sites (tertiary alicyclic amines) is 1. The van der Waals surface area contributed by atoms with E-state index in [-0.39, 0.29) is 0 Å². The first-order valence-electron chi connectivity index (χ1n) is 7.37. The van der Waals surface area contributed by atoms with Gasteiger partial charge in [0.25, 0.3) is 0 Å². The summed E-state index contributed by atoms with van der Waals surface area (Å²) in [7, 11) is 0. The Bertz CT molecular complexity index is 174. The van der Waals surface area contributed by atoms with Crippen LogP contribution >= 0.6 is 0 Å². The van der Waals surface area contributed by atoms with Crippen molar-refractivity contribution in [2.75, 3.05) is 32.7 Å². The van der Waals surface area contributed by atoms with Crippen LogP contribution in [0.3, 0.4) is 0 Å². The summed E-state index contributed by atoms with van der Waals surface area (Å²) < 4.78 is 0. The van der Waals surface area contributed by atoms with Gasteiger partial charge in [-0.2, -0.15) is 0 Å². The summed E-state index contributed by atoms with van der Waals surface area (Å²) in [6.45, 7) is 10.5. The second-order valence-corrected chi connectivity index (χ2v) is 5.82. The maximum atomic E-state index is 5.89. The molecule has 1 saturated heterocycles. The predicted molar refractivity (Wildman–Crippen MR) is 75.2 cm³/mol. The molecule has 3 heteroatoms. The van der Waals surface area contributed by atoms with E-state index in [1.165, 1.54) is 58.3 Å². The van der Waals surface area contributed by atoms with E-state index in [0.717, 1.165) is 12.5 Å². The van der Waals surface area contributed by atoms with Crippen molar-refractivity contribution in [3.63, 3.8) is 0 Å². The molecule has 0 saturated carbocycles. The molecule has 0 atom stereocenters. The number of rotatable bonds is 8. The van der Waals surface area contributed by atoms with Crippen molar-refractivity contribution in [1.29, 1.82) is 0 Å². The minimum absolute atomic E-state index is 0.454. The van der Waals surface area contributed by atoms with Crippen LogP contribution in [-0.4, -0.2) is 43.7 Å². The molecule has 1 rings (SSSR count). The Hall–Kier alpha value is -0.120. The molecule has 0 unspecified atom stereocenters. The molecule has 1 aliphatic rings. The summed E-state index contributed by atoms with van der Waals surface area (Å²) in [6.07, 6.45) is 6.40. The van der Waals surface area contributed by atoms with E-state index in [4.69, 9.17) is 5.73 Å². The number of nitrogens with one attached hydrogen (secondary N) is 1. The van der Waals surface area contributed by atoms with E-state index >= 15 is 0 Å². The summed E-state index contributed by atoms with van der Waals surface area (Å²) in [6, 6.07) is 0.454. The standard InChI is InChI=1S/C14H31N3/c1-13(2)5-3-4-8-16-9-12-17-10-6-14(15)7-11-17/h13-14,16H,3-12,15H2,1-2H3. The van der Waals surface area contributed by atoms with Crippen LogP contribution in [0.25, 0.3) is 0 Å². The molecule has 3 N–H and O–H groups in total. The van der Waals surface area contributed by atoms with Crippen LogP contribution in [0.2, 0.25) is 0 Å². The maximum Gasteiger partial charge on any atom is 0.0107 e. The lowest BCUT2D eigenvalue weighted by molar-refractivity contribution is 0.213. The minimum Gasteiger partial charge on any atom is -0.328 e. The quantitative estimate of drug-likeness (QED) is 0.637. The fourth-order valence-electron chi connectivity index (χ4n) is 2.34. The summed E-state index contributed by atoms with van der Waals surface area (Å²) >= 11 is 0. The van der Waals surface area contributed by atoms with E-state index in [2.05, 4.69) is 24.1 Å². The third-order valence-corrected chi connectivity index (χ3v) is 3.62. The number of piperidine rings is 1. The molecular formula is C14H31N3. The first-order chi connectivity index (χ1) is 8.18. The second kappa shape index (κ2) is 8.90. The monoisotopic (exact) mass is 241 g/mol. The van der Waals surface area contributed by atoms with Gasteiger partial charge >= 0.3 is 0 Å². The fourth-order valence-corrected chi connectivity index (χ4v) is 2.34. The maximum absolute atomic E-state index is 5.89. The van der Waals surface area contributed by atoms with E-state index in [1.807, 2.05) is 0 Å². The van der Waals surface area contributed by atoms with Gasteiger partial charge in [-0.25, -0.2) is 0 Å². The molecule has 0 aromatic rings. The van der Waals surface area contributed by atoms with Gasteiger partial charge in [-0.1, -0.05) is 26.7 Å². The number of hydrogen-bond acceptors (Lipinski definition) is 3. The van der Waals surface area contributed by atoms with E-state index in [0.29, 0.717) is 6.04 Å². The van der Waals surface area contributed by atoms with Gasteiger partial charge in [-0.15, -0.1) is 0 Å². The Morgan fingerprint density at radius 1 is 1.18 bits per heavy atom. The first kappa shape index (κ1) is 14.9. The lowest BCUT2D eigenvalue weighted by Gasteiger charge is -2.30. The van der Waals surface area contributed by atoms with Crippen molar-refractivity contribution in [3.8, 4) is 0 Å². The van der Waals surface area contributed by atoms with Gasteiger partial charge in [0.15, 0.2) is 0 Å². The SMILES string of the molecule is CC(C)CCCCNCCN1CCC(N)CC1. The smallest absolute Gasteiger partial charge is 0.0107 e. The molecular weight excluding hydrogens is 210 g/mol. The van der Waals surface area contributed by atoms with Crippen molar-refractivity contribution in [1.82, 2.24) is 10.2 Å². The molecule has 0 radical (unpaired) electrons. The zero-order valence-corrected chi connectivity index (χ0v) is 11.8. The van der Waals surface area contributed by atoms with Gasteiger partial charge in [-0.3, -0.25) is 0 Å². The molecule has 1 fully saturated rings. The highest BCUT2D eigenvalue weighted by Gasteiger charge is 2.14. The molecule has 0 aromatic carbocycles. The Morgan fingerprint density at radius 3 is 2.53 bits per heavy atom. The zero-order chi connectivity index (χ0) is 12.5. The van der Waals surface area contributed by atoms with Crippen molar-refractivity contribution >= 4 is 0 Å². The second-order valence-electron chi connectivity index (χ2n) is 5.82. The van der Waals surface area contributed by atoms with Gasteiger partial charge in [0.05, 0.1) is 0 Å². The largest absolute Gasteiger partial charge is 0.328 e. The van der Waals surface area contributed by atoms with Gasteiger partial charge in [0, 0.05) is 19.1 Å². The molecule has 3 nitrogen and oxygen atoms in total. The molecule has 1 aliphatic heterocycles. The summed E-state index contributed by atoms with van der Waals surface area (Å²) in [5.74, 6) is 0.854. The zero-order valence-electron chi connectivity index (χ0n) is 11.8. The Labute approximate surface area is 107 Å². The van der Waals surface area contributed by atoms with Crippen molar-refractivity contribution in [2.45, 2.75) is 52.0 Å². The lowest BCUT2D eigenvalue weighted by Crippen LogP contribution is -2.42. The van der Waals surface area contributed by atoms with Gasteiger partial charge in [0.1, 0.15) is 0 Å². The highest BCUT2D eigenvalue weighted by molar-refractivity contribution is 4.74. The van der Waals surface area contributed by atoms with Gasteiger partial charge in [0.2, 0.25) is 0 Å². The predicted octanol–water partition coefficient (Wildman–Crippen LogP) is 1.83. The topological polar surface area (TPSA) is 41.3 Å². The molecule has 0 aliphatic carbocycles.